The Hall–Kier alpha value is -0.763. The highest BCUT2D eigenvalue weighted by Gasteiger charge is 2.43. The van der Waals surface area contributed by atoms with Crippen LogP contribution in [0.3, 0.4) is 0 Å². The summed E-state index contributed by atoms with van der Waals surface area (Å²) in [5.41, 5.74) is 1.20. The van der Waals surface area contributed by atoms with E-state index in [-0.39, 0.29) is 47.1 Å². The van der Waals surface area contributed by atoms with Crippen LogP contribution in [-0.4, -0.2) is 48.7 Å². The summed E-state index contributed by atoms with van der Waals surface area (Å²) in [6.45, 7) is 15.3. The van der Waals surface area contributed by atoms with Gasteiger partial charge in [-0.15, -0.1) is 0 Å². The first-order chi connectivity index (χ1) is 16.1. The van der Waals surface area contributed by atoms with Crippen molar-refractivity contribution in [2.24, 2.45) is 23.7 Å². The van der Waals surface area contributed by atoms with Crippen molar-refractivity contribution in [3.63, 3.8) is 0 Å². The van der Waals surface area contributed by atoms with E-state index in [4.69, 9.17) is 13.9 Å². The monoisotopic (exact) mass is 528 g/mol. The fraction of sp³-hybridized carbons (Fsp3) is 0.808. The molecule has 3 rings (SSSR count). The maximum Gasteiger partial charge on any atom is 0.350 e. The molecule has 0 aromatic carbocycles. The Morgan fingerprint density at radius 2 is 1.86 bits per heavy atom. The Kier molecular flexibility index (Phi) is 8.99. The van der Waals surface area contributed by atoms with Crippen LogP contribution in [0.2, 0.25) is 18.1 Å². The molecule has 7 nitrogen and oxygen atoms in total. The second-order valence-corrected chi connectivity index (χ2v) is 18.8. The lowest BCUT2D eigenvalue weighted by molar-refractivity contribution is -0.160. The summed E-state index contributed by atoms with van der Waals surface area (Å²) < 4.78 is 29.6. The molecule has 0 amide bonds. The Bertz CT molecular complexity index is 871. The minimum absolute atomic E-state index is 0.0799. The molecule has 1 heterocycles. The van der Waals surface area contributed by atoms with E-state index < -0.39 is 22.3 Å². The molecule has 0 aromatic heterocycles. The molecule has 1 saturated heterocycles. The predicted octanol–water partition coefficient (Wildman–Crippen LogP) is 5.79. The van der Waals surface area contributed by atoms with Gasteiger partial charge in [0.05, 0.1) is 18.6 Å². The van der Waals surface area contributed by atoms with E-state index in [0.29, 0.717) is 12.3 Å². The summed E-state index contributed by atoms with van der Waals surface area (Å²) in [6.07, 6.45) is 8.95. The lowest BCUT2D eigenvalue weighted by Crippen LogP contribution is -2.47. The van der Waals surface area contributed by atoms with Gasteiger partial charge in [-0.25, -0.2) is 0 Å². The summed E-state index contributed by atoms with van der Waals surface area (Å²) >= 11 is 0. The molecule has 3 aliphatic rings. The molecule has 9 heteroatoms. The fourth-order valence-corrected chi connectivity index (χ4v) is 7.30. The molecule has 1 fully saturated rings. The zero-order valence-corrected chi connectivity index (χ0v) is 24.3. The minimum atomic E-state index is -4.24. The summed E-state index contributed by atoms with van der Waals surface area (Å²) in [6, 6.07) is 0. The van der Waals surface area contributed by atoms with Crippen LogP contribution >= 0.6 is 7.60 Å². The molecule has 0 bridgehead atoms. The van der Waals surface area contributed by atoms with Crippen molar-refractivity contribution in [1.82, 2.24) is 0 Å². The molecule has 0 spiro atoms. The van der Waals surface area contributed by atoms with Crippen LogP contribution < -0.4 is 0 Å². The molecule has 0 unspecified atom stereocenters. The SMILES string of the molecule is C[C@H]1C=C2C=C[C@H](C)[C@H](CC[C@@H]3C[C@@H](O[Si](C)(C)C(C)(C)C)CC(=O)O3)[C@H]2[C@@H](OCP(=O)(O)O)C1. The first-order valence-electron chi connectivity index (χ1n) is 13.0. The van der Waals surface area contributed by atoms with Gasteiger partial charge in [0.25, 0.3) is 0 Å². The Morgan fingerprint density at radius 1 is 1.17 bits per heavy atom. The Balaban J connectivity index is 1.69. The van der Waals surface area contributed by atoms with Crippen molar-refractivity contribution in [3.05, 3.63) is 23.8 Å². The average molecular weight is 529 g/mol. The zero-order chi connectivity index (χ0) is 26.2. The smallest absolute Gasteiger partial charge is 0.350 e. The van der Waals surface area contributed by atoms with Gasteiger partial charge in [0.2, 0.25) is 0 Å². The van der Waals surface area contributed by atoms with E-state index in [1.807, 2.05) is 0 Å². The van der Waals surface area contributed by atoms with Crippen LogP contribution in [0.5, 0.6) is 0 Å². The number of hydrogen-bond acceptors (Lipinski definition) is 5. The highest BCUT2D eigenvalue weighted by atomic mass is 31.2. The number of carbonyl (C=O) groups excluding carboxylic acids is 1. The normalized spacial score (nSPS) is 34.3. The zero-order valence-electron chi connectivity index (χ0n) is 22.4. The minimum Gasteiger partial charge on any atom is -0.462 e. The third kappa shape index (κ3) is 7.62. The number of fused-ring (bicyclic) bond motifs is 1. The molecule has 35 heavy (non-hydrogen) atoms. The molecule has 0 saturated carbocycles. The second-order valence-electron chi connectivity index (χ2n) is 12.4. The summed E-state index contributed by atoms with van der Waals surface area (Å²) in [5, 5.41) is 0.0800. The average Bonchev–Trinajstić information content (AvgIpc) is 2.69. The summed E-state index contributed by atoms with van der Waals surface area (Å²) in [4.78, 5) is 31.2. The number of allylic oxidation sites excluding steroid dienone is 3. The summed E-state index contributed by atoms with van der Waals surface area (Å²) in [7, 11) is -6.23. The van der Waals surface area contributed by atoms with Crippen molar-refractivity contribution >= 4 is 21.9 Å². The van der Waals surface area contributed by atoms with Gasteiger partial charge in [-0.1, -0.05) is 52.8 Å². The number of rotatable bonds is 8. The molecule has 0 aromatic rings. The van der Waals surface area contributed by atoms with Crippen LogP contribution in [0.25, 0.3) is 0 Å². The van der Waals surface area contributed by atoms with Gasteiger partial charge in [-0.2, -0.15) is 0 Å². The van der Waals surface area contributed by atoms with Gasteiger partial charge in [-0.3, -0.25) is 9.36 Å². The van der Waals surface area contributed by atoms with Crippen LogP contribution in [0.1, 0.15) is 66.7 Å². The largest absolute Gasteiger partial charge is 0.462 e. The van der Waals surface area contributed by atoms with Gasteiger partial charge in [-0.05, 0) is 60.7 Å². The highest BCUT2D eigenvalue weighted by molar-refractivity contribution is 7.51. The lowest BCUT2D eigenvalue weighted by Gasteiger charge is -2.44. The molecule has 1 aliphatic heterocycles. The molecule has 2 N–H and O–H groups in total. The van der Waals surface area contributed by atoms with Gasteiger partial charge in [0, 0.05) is 12.3 Å². The van der Waals surface area contributed by atoms with Crippen molar-refractivity contribution in [1.29, 1.82) is 0 Å². The van der Waals surface area contributed by atoms with Gasteiger partial charge < -0.3 is 23.7 Å². The number of cyclic esters (lactones) is 1. The molecule has 7 atom stereocenters. The first kappa shape index (κ1) is 28.8. The first-order valence-corrected chi connectivity index (χ1v) is 17.7. The van der Waals surface area contributed by atoms with Gasteiger partial charge in [0.1, 0.15) is 12.5 Å². The van der Waals surface area contributed by atoms with E-state index in [1.54, 1.807) is 0 Å². The van der Waals surface area contributed by atoms with Gasteiger partial charge >= 0.3 is 13.6 Å². The Labute approximate surface area is 212 Å². The van der Waals surface area contributed by atoms with Crippen molar-refractivity contribution < 1.29 is 33.0 Å². The maximum absolute atomic E-state index is 12.4. The molecule has 0 radical (unpaired) electrons. The van der Waals surface area contributed by atoms with E-state index in [1.165, 1.54) is 5.57 Å². The van der Waals surface area contributed by atoms with E-state index in [9.17, 15) is 19.1 Å². The van der Waals surface area contributed by atoms with Crippen molar-refractivity contribution in [2.45, 2.75) is 103 Å². The van der Waals surface area contributed by atoms with Crippen LogP contribution in [0.15, 0.2) is 23.8 Å². The number of hydrogen-bond donors (Lipinski definition) is 2. The van der Waals surface area contributed by atoms with Crippen LogP contribution in [0, 0.1) is 23.7 Å². The summed E-state index contributed by atoms with van der Waals surface area (Å²) in [5.74, 6) is 0.730. The van der Waals surface area contributed by atoms with E-state index >= 15 is 0 Å². The van der Waals surface area contributed by atoms with Crippen LogP contribution in [-0.2, 0) is 23.3 Å². The van der Waals surface area contributed by atoms with Gasteiger partial charge in [0.15, 0.2) is 8.32 Å². The maximum atomic E-state index is 12.4. The number of carbonyl (C=O) groups is 1. The van der Waals surface area contributed by atoms with Crippen molar-refractivity contribution in [3.8, 4) is 0 Å². The molecular weight excluding hydrogens is 483 g/mol. The second kappa shape index (κ2) is 10.9. The molecule has 2 aliphatic carbocycles. The Morgan fingerprint density at radius 3 is 2.49 bits per heavy atom. The molecular formula is C26H45O7PSi. The quantitative estimate of drug-likeness (QED) is 0.234. The third-order valence-corrected chi connectivity index (χ3v) is 13.4. The molecule has 200 valence electrons. The number of ether oxygens (including phenoxy) is 2. The van der Waals surface area contributed by atoms with E-state index in [0.717, 1.165) is 25.7 Å². The predicted molar refractivity (Wildman–Crippen MR) is 139 cm³/mol. The fourth-order valence-electron chi connectivity index (χ4n) is 5.55. The topological polar surface area (TPSA) is 102 Å². The lowest BCUT2D eigenvalue weighted by atomic mass is 9.65. The van der Waals surface area contributed by atoms with E-state index in [2.05, 4.69) is 65.9 Å². The highest BCUT2D eigenvalue weighted by Crippen LogP contribution is 2.47. The van der Waals surface area contributed by atoms with Crippen LogP contribution in [0.4, 0.5) is 0 Å². The standard InChI is InChI=1S/C26H45O7PSi/c1-17-12-19-9-8-18(2)22(25(19)23(13-17)31-16-34(28,29)30)11-10-20-14-21(15-24(27)32-20)33-35(6,7)26(3,4)5/h8-9,12,17-18,20-23,25H,10-11,13-16H2,1-7H3,(H2,28,29,30)/t17-,18-,20+,21+,22-,23-,25-/m0/s1. The van der Waals surface area contributed by atoms with Crippen molar-refractivity contribution in [2.75, 3.05) is 6.35 Å². The number of esters is 1. The third-order valence-electron chi connectivity index (χ3n) is 8.36.